The van der Waals surface area contributed by atoms with Gasteiger partial charge in [0.1, 0.15) is 5.75 Å². The van der Waals surface area contributed by atoms with Crippen molar-refractivity contribution < 1.29 is 14.3 Å². The molecular weight excluding hydrogens is 244 g/mol. The maximum atomic E-state index is 11.4. The van der Waals surface area contributed by atoms with E-state index in [9.17, 15) is 4.79 Å². The number of aromatic nitrogens is 1. The van der Waals surface area contributed by atoms with Crippen molar-refractivity contribution in [2.75, 3.05) is 12.8 Å². The fourth-order valence-electron chi connectivity index (χ4n) is 1.61. The van der Waals surface area contributed by atoms with Gasteiger partial charge in [-0.1, -0.05) is 0 Å². The van der Waals surface area contributed by atoms with Gasteiger partial charge in [-0.05, 0) is 36.8 Å². The number of rotatable bonds is 3. The first-order chi connectivity index (χ1) is 9.10. The number of esters is 1. The van der Waals surface area contributed by atoms with Crippen molar-refractivity contribution in [2.45, 2.75) is 6.92 Å². The van der Waals surface area contributed by atoms with Crippen LogP contribution < -0.4 is 10.5 Å². The fourth-order valence-corrected chi connectivity index (χ4v) is 1.61. The number of hydrogen-bond acceptors (Lipinski definition) is 5. The molecule has 0 saturated heterocycles. The summed E-state index contributed by atoms with van der Waals surface area (Å²) in [5.41, 5.74) is 7.62. The summed E-state index contributed by atoms with van der Waals surface area (Å²) < 4.78 is 10.3. The Morgan fingerprint density at radius 2 is 2.05 bits per heavy atom. The molecule has 2 aromatic rings. The van der Waals surface area contributed by atoms with Crippen molar-refractivity contribution in [1.29, 1.82) is 0 Å². The van der Waals surface area contributed by atoms with E-state index < -0.39 is 5.97 Å². The molecule has 1 heterocycles. The molecule has 1 aromatic heterocycles. The lowest BCUT2D eigenvalue weighted by molar-refractivity contribution is 0.0600. The molecule has 5 heteroatoms. The Hall–Kier alpha value is -2.56. The average molecular weight is 258 g/mol. The number of carbonyl (C=O) groups is 1. The van der Waals surface area contributed by atoms with Gasteiger partial charge in [0.25, 0.3) is 0 Å². The van der Waals surface area contributed by atoms with E-state index in [0.29, 0.717) is 22.9 Å². The lowest BCUT2D eigenvalue weighted by Gasteiger charge is -2.09. The molecule has 2 N–H and O–H groups in total. The number of hydrogen-bond donors (Lipinski definition) is 1. The molecule has 1 aromatic carbocycles. The van der Waals surface area contributed by atoms with Crippen LogP contribution in [0.2, 0.25) is 0 Å². The number of methoxy groups -OCH3 is 1. The maximum absolute atomic E-state index is 11.4. The SMILES string of the molecule is COC(=O)c1ccnc(Oc2ccc(N)cc2C)c1. The predicted molar refractivity (Wildman–Crippen MR) is 71.2 cm³/mol. The summed E-state index contributed by atoms with van der Waals surface area (Å²) in [6.45, 7) is 1.88. The van der Waals surface area contributed by atoms with Crippen LogP contribution in [0.15, 0.2) is 36.5 Å². The summed E-state index contributed by atoms with van der Waals surface area (Å²) in [4.78, 5) is 15.5. The van der Waals surface area contributed by atoms with Gasteiger partial charge >= 0.3 is 5.97 Å². The minimum absolute atomic E-state index is 0.329. The first kappa shape index (κ1) is 12.9. The standard InChI is InChI=1S/C14H14N2O3/c1-9-7-11(15)3-4-12(9)19-13-8-10(5-6-16-13)14(17)18-2/h3-8H,15H2,1-2H3. The van der Waals surface area contributed by atoms with Gasteiger partial charge in [-0.3, -0.25) is 0 Å². The number of carbonyl (C=O) groups excluding carboxylic acids is 1. The monoisotopic (exact) mass is 258 g/mol. The van der Waals surface area contributed by atoms with Crippen LogP contribution in [0.1, 0.15) is 15.9 Å². The second-order valence-corrected chi connectivity index (χ2v) is 4.00. The van der Waals surface area contributed by atoms with Gasteiger partial charge in [0.05, 0.1) is 12.7 Å². The topological polar surface area (TPSA) is 74.4 Å². The van der Waals surface area contributed by atoms with Crippen LogP contribution >= 0.6 is 0 Å². The van der Waals surface area contributed by atoms with Crippen molar-refractivity contribution in [3.05, 3.63) is 47.7 Å². The third kappa shape index (κ3) is 3.01. The number of benzene rings is 1. The first-order valence-electron chi connectivity index (χ1n) is 5.68. The maximum Gasteiger partial charge on any atom is 0.338 e. The molecule has 0 spiro atoms. The molecular formula is C14H14N2O3. The van der Waals surface area contributed by atoms with Crippen LogP contribution in [-0.2, 0) is 4.74 Å². The molecule has 0 amide bonds. The van der Waals surface area contributed by atoms with Gasteiger partial charge in [0.2, 0.25) is 5.88 Å². The van der Waals surface area contributed by atoms with Crippen LogP contribution in [0.5, 0.6) is 11.6 Å². The Morgan fingerprint density at radius 1 is 1.26 bits per heavy atom. The minimum Gasteiger partial charge on any atom is -0.465 e. The second kappa shape index (κ2) is 5.39. The number of nitrogens with two attached hydrogens (primary N) is 1. The second-order valence-electron chi connectivity index (χ2n) is 4.00. The summed E-state index contributed by atoms with van der Waals surface area (Å²) in [6.07, 6.45) is 1.49. The zero-order valence-electron chi connectivity index (χ0n) is 10.7. The van der Waals surface area contributed by atoms with Crippen LogP contribution in [-0.4, -0.2) is 18.1 Å². The fraction of sp³-hybridized carbons (Fsp3) is 0.143. The first-order valence-corrected chi connectivity index (χ1v) is 5.68. The highest BCUT2D eigenvalue weighted by molar-refractivity contribution is 5.89. The number of ether oxygens (including phenoxy) is 2. The van der Waals surface area contributed by atoms with E-state index in [-0.39, 0.29) is 0 Å². The van der Waals surface area contributed by atoms with E-state index in [1.54, 1.807) is 24.3 Å². The van der Waals surface area contributed by atoms with E-state index >= 15 is 0 Å². The van der Waals surface area contributed by atoms with E-state index in [2.05, 4.69) is 9.72 Å². The Labute approximate surface area is 111 Å². The Morgan fingerprint density at radius 3 is 2.74 bits per heavy atom. The van der Waals surface area contributed by atoms with Crippen molar-refractivity contribution in [2.24, 2.45) is 0 Å². The zero-order valence-corrected chi connectivity index (χ0v) is 10.7. The highest BCUT2D eigenvalue weighted by Crippen LogP contribution is 2.25. The van der Waals surface area contributed by atoms with Crippen LogP contribution in [0.25, 0.3) is 0 Å². The minimum atomic E-state index is -0.429. The predicted octanol–water partition coefficient (Wildman–Crippen LogP) is 2.55. The van der Waals surface area contributed by atoms with Gasteiger partial charge in [0, 0.05) is 18.0 Å². The molecule has 0 fully saturated rings. The quantitative estimate of drug-likeness (QED) is 0.676. The van der Waals surface area contributed by atoms with Crippen LogP contribution in [0.4, 0.5) is 5.69 Å². The third-order valence-electron chi connectivity index (χ3n) is 2.57. The van der Waals surface area contributed by atoms with E-state index in [4.69, 9.17) is 10.5 Å². The van der Waals surface area contributed by atoms with Gasteiger partial charge in [-0.15, -0.1) is 0 Å². The summed E-state index contributed by atoms with van der Waals surface area (Å²) in [5.74, 6) is 0.542. The largest absolute Gasteiger partial charge is 0.465 e. The molecule has 0 radical (unpaired) electrons. The molecule has 0 unspecified atom stereocenters. The number of nitrogens with zero attached hydrogens (tertiary/aromatic N) is 1. The molecule has 98 valence electrons. The molecule has 0 saturated carbocycles. The summed E-state index contributed by atoms with van der Waals surface area (Å²) in [7, 11) is 1.33. The third-order valence-corrected chi connectivity index (χ3v) is 2.57. The number of anilines is 1. The molecule has 5 nitrogen and oxygen atoms in total. The van der Waals surface area contributed by atoms with Crippen molar-refractivity contribution in [1.82, 2.24) is 4.98 Å². The van der Waals surface area contributed by atoms with Crippen molar-refractivity contribution in [3.63, 3.8) is 0 Å². The van der Waals surface area contributed by atoms with Crippen molar-refractivity contribution in [3.8, 4) is 11.6 Å². The van der Waals surface area contributed by atoms with Gasteiger partial charge in [0.15, 0.2) is 0 Å². The van der Waals surface area contributed by atoms with E-state index in [1.807, 2.05) is 6.92 Å². The Bertz CT molecular complexity index is 611. The molecule has 0 aliphatic heterocycles. The lowest BCUT2D eigenvalue weighted by atomic mass is 10.2. The summed E-state index contributed by atoms with van der Waals surface area (Å²) in [5, 5.41) is 0. The van der Waals surface area contributed by atoms with Crippen molar-refractivity contribution >= 4 is 11.7 Å². The highest BCUT2D eigenvalue weighted by atomic mass is 16.5. The van der Waals surface area contributed by atoms with Gasteiger partial charge in [-0.2, -0.15) is 0 Å². The Balaban J connectivity index is 2.26. The van der Waals surface area contributed by atoms with Gasteiger partial charge < -0.3 is 15.2 Å². The molecule has 0 bridgehead atoms. The van der Waals surface area contributed by atoms with E-state index in [0.717, 1.165) is 5.56 Å². The van der Waals surface area contributed by atoms with E-state index in [1.165, 1.54) is 19.4 Å². The molecule has 0 aliphatic rings. The lowest BCUT2D eigenvalue weighted by Crippen LogP contribution is -2.02. The summed E-state index contributed by atoms with van der Waals surface area (Å²) >= 11 is 0. The smallest absolute Gasteiger partial charge is 0.338 e. The van der Waals surface area contributed by atoms with Crippen LogP contribution in [0.3, 0.4) is 0 Å². The molecule has 0 atom stereocenters. The number of pyridine rings is 1. The summed E-state index contributed by atoms with van der Waals surface area (Å²) in [6, 6.07) is 8.40. The molecule has 0 aliphatic carbocycles. The van der Waals surface area contributed by atoms with Crippen LogP contribution in [0, 0.1) is 6.92 Å². The van der Waals surface area contributed by atoms with Gasteiger partial charge in [-0.25, -0.2) is 9.78 Å². The average Bonchev–Trinajstić information content (AvgIpc) is 2.41. The Kier molecular flexibility index (Phi) is 3.66. The molecule has 19 heavy (non-hydrogen) atoms. The molecule has 2 rings (SSSR count). The number of nitrogen functional groups attached to an aromatic ring is 1. The normalized spacial score (nSPS) is 10.0. The number of aryl methyl sites for hydroxylation is 1. The zero-order chi connectivity index (χ0) is 13.8. The highest BCUT2D eigenvalue weighted by Gasteiger charge is 2.08.